The van der Waals surface area contributed by atoms with Gasteiger partial charge in [0.25, 0.3) is 15.9 Å². The number of carbonyl (C=O) groups is 2. The van der Waals surface area contributed by atoms with Gasteiger partial charge in [-0.15, -0.1) is 0 Å². The first-order valence-electron chi connectivity index (χ1n) is 8.41. The minimum Gasteiger partial charge on any atom is -0.324 e. The Hall–Kier alpha value is -2.87. The Morgan fingerprint density at radius 2 is 1.59 bits per heavy atom. The Morgan fingerprint density at radius 3 is 2.11 bits per heavy atom. The number of benzene rings is 2. The standard InChI is InChI=1S/C19H21N3O4S/c1-13-4-10-16(11-5-13)27(25,26)21-15-8-6-14(7-9-15)12-22-17(23)19(2,3)20-18(22)24/h4-11,21H,12H2,1-3H3,(H,20,24). The molecule has 1 aliphatic rings. The second-order valence-corrected chi connectivity index (χ2v) is 8.74. The van der Waals surface area contributed by atoms with Crippen LogP contribution in [-0.2, 0) is 21.4 Å². The number of hydrogen-bond donors (Lipinski definition) is 2. The van der Waals surface area contributed by atoms with Crippen molar-refractivity contribution in [1.82, 2.24) is 10.2 Å². The fourth-order valence-electron chi connectivity index (χ4n) is 2.75. The molecule has 7 nitrogen and oxygen atoms in total. The van der Waals surface area contributed by atoms with E-state index in [9.17, 15) is 18.0 Å². The monoisotopic (exact) mass is 387 g/mol. The number of nitrogens with zero attached hydrogens (tertiary/aromatic N) is 1. The second kappa shape index (κ2) is 6.70. The summed E-state index contributed by atoms with van der Waals surface area (Å²) in [5.74, 6) is -0.295. The molecule has 8 heteroatoms. The molecule has 1 heterocycles. The number of hydrogen-bond acceptors (Lipinski definition) is 4. The maximum atomic E-state index is 12.4. The van der Waals surface area contributed by atoms with Crippen LogP contribution in [0, 0.1) is 6.92 Å². The van der Waals surface area contributed by atoms with E-state index in [4.69, 9.17) is 0 Å². The average molecular weight is 387 g/mol. The summed E-state index contributed by atoms with van der Waals surface area (Å²) in [6.45, 7) is 5.31. The number of nitrogens with one attached hydrogen (secondary N) is 2. The highest BCUT2D eigenvalue weighted by atomic mass is 32.2. The van der Waals surface area contributed by atoms with Crippen LogP contribution in [0.2, 0.25) is 0 Å². The van der Waals surface area contributed by atoms with Crippen LogP contribution in [0.25, 0.3) is 0 Å². The van der Waals surface area contributed by atoms with E-state index in [0.29, 0.717) is 5.69 Å². The Bertz CT molecular complexity index is 981. The highest BCUT2D eigenvalue weighted by Gasteiger charge is 2.44. The van der Waals surface area contributed by atoms with Gasteiger partial charge in [-0.25, -0.2) is 13.2 Å². The third-order valence-corrected chi connectivity index (χ3v) is 5.72. The van der Waals surface area contributed by atoms with E-state index in [1.165, 1.54) is 0 Å². The van der Waals surface area contributed by atoms with Crippen molar-refractivity contribution in [3.05, 3.63) is 59.7 Å². The summed E-state index contributed by atoms with van der Waals surface area (Å²) in [6.07, 6.45) is 0. The fourth-order valence-corrected chi connectivity index (χ4v) is 3.81. The van der Waals surface area contributed by atoms with Gasteiger partial charge in [0.1, 0.15) is 5.54 Å². The molecule has 0 aliphatic carbocycles. The summed E-state index contributed by atoms with van der Waals surface area (Å²) in [5, 5.41) is 2.62. The lowest BCUT2D eigenvalue weighted by atomic mass is 10.1. The summed E-state index contributed by atoms with van der Waals surface area (Å²) in [6, 6.07) is 12.7. The average Bonchev–Trinajstić information content (AvgIpc) is 2.78. The SMILES string of the molecule is Cc1ccc(S(=O)(=O)Nc2ccc(CN3C(=O)NC(C)(C)C3=O)cc2)cc1. The highest BCUT2D eigenvalue weighted by Crippen LogP contribution is 2.21. The van der Waals surface area contributed by atoms with Crippen molar-refractivity contribution >= 4 is 27.6 Å². The fraction of sp³-hybridized carbons (Fsp3) is 0.263. The Balaban J connectivity index is 1.71. The zero-order chi connectivity index (χ0) is 19.8. The lowest BCUT2D eigenvalue weighted by molar-refractivity contribution is -0.130. The molecule has 0 radical (unpaired) electrons. The molecule has 3 amide bonds. The van der Waals surface area contributed by atoms with Crippen LogP contribution in [0.4, 0.5) is 10.5 Å². The summed E-state index contributed by atoms with van der Waals surface area (Å²) >= 11 is 0. The summed E-state index contributed by atoms with van der Waals surface area (Å²) < 4.78 is 27.4. The number of imide groups is 1. The minimum atomic E-state index is -3.68. The molecule has 0 spiro atoms. The number of rotatable bonds is 5. The predicted molar refractivity (Wildman–Crippen MR) is 102 cm³/mol. The largest absolute Gasteiger partial charge is 0.325 e. The van der Waals surface area contributed by atoms with E-state index in [1.807, 2.05) is 6.92 Å². The van der Waals surface area contributed by atoms with Crippen molar-refractivity contribution < 1.29 is 18.0 Å². The molecule has 0 unspecified atom stereocenters. The number of aryl methyl sites for hydroxylation is 1. The second-order valence-electron chi connectivity index (χ2n) is 7.06. The van der Waals surface area contributed by atoms with Gasteiger partial charge < -0.3 is 5.32 Å². The van der Waals surface area contributed by atoms with E-state index in [-0.39, 0.29) is 17.3 Å². The molecular weight excluding hydrogens is 366 g/mol. The van der Waals surface area contributed by atoms with Crippen LogP contribution < -0.4 is 10.0 Å². The van der Waals surface area contributed by atoms with Crippen molar-refractivity contribution in [3.63, 3.8) is 0 Å². The zero-order valence-electron chi connectivity index (χ0n) is 15.3. The Morgan fingerprint density at radius 1 is 1.00 bits per heavy atom. The molecule has 0 aromatic heterocycles. The quantitative estimate of drug-likeness (QED) is 0.771. The van der Waals surface area contributed by atoms with Crippen LogP contribution in [0.15, 0.2) is 53.4 Å². The first kappa shape index (κ1) is 18.9. The van der Waals surface area contributed by atoms with Crippen molar-refractivity contribution in [1.29, 1.82) is 0 Å². The normalized spacial score (nSPS) is 16.3. The van der Waals surface area contributed by atoms with E-state index in [0.717, 1.165) is 16.0 Å². The lowest BCUT2D eigenvalue weighted by Gasteiger charge is -2.16. The van der Waals surface area contributed by atoms with E-state index in [2.05, 4.69) is 10.0 Å². The van der Waals surface area contributed by atoms with Gasteiger partial charge in [-0.2, -0.15) is 0 Å². The number of amides is 3. The van der Waals surface area contributed by atoms with E-state index in [1.54, 1.807) is 62.4 Å². The number of anilines is 1. The summed E-state index contributed by atoms with van der Waals surface area (Å²) in [7, 11) is -3.68. The zero-order valence-corrected chi connectivity index (χ0v) is 16.1. The third kappa shape index (κ3) is 3.95. The topological polar surface area (TPSA) is 95.6 Å². The molecule has 1 fully saturated rings. The van der Waals surface area contributed by atoms with Crippen LogP contribution in [0.1, 0.15) is 25.0 Å². The molecule has 0 bridgehead atoms. The van der Waals surface area contributed by atoms with Gasteiger partial charge in [-0.05, 0) is 50.6 Å². The van der Waals surface area contributed by atoms with Gasteiger partial charge in [0, 0.05) is 5.69 Å². The molecule has 2 aromatic carbocycles. The molecule has 2 aromatic rings. The molecule has 27 heavy (non-hydrogen) atoms. The first-order valence-corrected chi connectivity index (χ1v) is 9.89. The Kier molecular flexibility index (Phi) is 4.69. The predicted octanol–water partition coefficient (Wildman–Crippen LogP) is 2.63. The maximum absolute atomic E-state index is 12.4. The van der Waals surface area contributed by atoms with Crippen LogP contribution in [-0.4, -0.2) is 30.8 Å². The van der Waals surface area contributed by atoms with Gasteiger partial charge >= 0.3 is 6.03 Å². The van der Waals surface area contributed by atoms with Crippen LogP contribution >= 0.6 is 0 Å². The molecule has 142 valence electrons. The van der Waals surface area contributed by atoms with Crippen molar-refractivity contribution in [2.45, 2.75) is 37.8 Å². The Labute approximate surface area is 158 Å². The molecule has 0 atom stereocenters. The van der Waals surface area contributed by atoms with Gasteiger partial charge in [0.2, 0.25) is 0 Å². The number of carbonyl (C=O) groups excluding carboxylic acids is 2. The molecule has 1 saturated heterocycles. The smallest absolute Gasteiger partial charge is 0.324 e. The van der Waals surface area contributed by atoms with Crippen molar-refractivity contribution in [3.8, 4) is 0 Å². The van der Waals surface area contributed by atoms with E-state index >= 15 is 0 Å². The number of urea groups is 1. The summed E-state index contributed by atoms with van der Waals surface area (Å²) in [5.41, 5.74) is 1.18. The van der Waals surface area contributed by atoms with Gasteiger partial charge in [0.05, 0.1) is 11.4 Å². The van der Waals surface area contributed by atoms with Gasteiger partial charge in [-0.3, -0.25) is 14.4 Å². The summed E-state index contributed by atoms with van der Waals surface area (Å²) in [4.78, 5) is 25.5. The maximum Gasteiger partial charge on any atom is 0.325 e. The molecule has 1 aliphatic heterocycles. The highest BCUT2D eigenvalue weighted by molar-refractivity contribution is 7.92. The molecule has 0 saturated carbocycles. The molecule has 3 rings (SSSR count). The third-order valence-electron chi connectivity index (χ3n) is 4.32. The van der Waals surface area contributed by atoms with Crippen molar-refractivity contribution in [2.24, 2.45) is 0 Å². The first-order chi connectivity index (χ1) is 12.6. The van der Waals surface area contributed by atoms with Crippen LogP contribution in [0.3, 0.4) is 0 Å². The van der Waals surface area contributed by atoms with Gasteiger partial charge in [0.15, 0.2) is 0 Å². The van der Waals surface area contributed by atoms with Crippen molar-refractivity contribution in [2.75, 3.05) is 4.72 Å². The minimum absolute atomic E-state index is 0.124. The van der Waals surface area contributed by atoms with E-state index < -0.39 is 21.6 Å². The van der Waals surface area contributed by atoms with Crippen LogP contribution in [0.5, 0.6) is 0 Å². The lowest BCUT2D eigenvalue weighted by Crippen LogP contribution is -2.40. The molecule has 2 N–H and O–H groups in total. The van der Waals surface area contributed by atoms with Gasteiger partial charge in [-0.1, -0.05) is 29.8 Å². The number of sulfonamides is 1. The molecular formula is C19H21N3O4S.